The van der Waals surface area contributed by atoms with E-state index in [1.54, 1.807) is 30.3 Å². The third-order valence-electron chi connectivity index (χ3n) is 2.36. The van der Waals surface area contributed by atoms with Crippen LogP contribution in [0.2, 0.25) is 0 Å². The first-order valence-electron chi connectivity index (χ1n) is 5.50. The van der Waals surface area contributed by atoms with Crippen LogP contribution in [0, 0.1) is 11.6 Å². The van der Waals surface area contributed by atoms with Gasteiger partial charge in [-0.05, 0) is 29.8 Å². The van der Waals surface area contributed by atoms with E-state index in [1.165, 1.54) is 12.3 Å². The Morgan fingerprint density at radius 2 is 1.79 bits per heavy atom. The summed E-state index contributed by atoms with van der Waals surface area (Å²) >= 11 is 0. The van der Waals surface area contributed by atoms with Crippen molar-refractivity contribution in [2.45, 2.75) is 0 Å². The lowest BCUT2D eigenvalue weighted by molar-refractivity contribution is 0.0955. The lowest BCUT2D eigenvalue weighted by Crippen LogP contribution is -2.17. The summed E-state index contributed by atoms with van der Waals surface area (Å²) in [7, 11) is 0. The van der Waals surface area contributed by atoms with E-state index >= 15 is 0 Å². The molecule has 0 radical (unpaired) electrons. The van der Waals surface area contributed by atoms with Crippen LogP contribution in [0.4, 0.5) is 8.78 Å². The zero-order valence-electron chi connectivity index (χ0n) is 9.81. The summed E-state index contributed by atoms with van der Waals surface area (Å²) in [5.41, 5.74) is 3.11. The number of hydrogen-bond acceptors (Lipinski definition) is 2. The molecule has 5 heteroatoms. The van der Waals surface area contributed by atoms with E-state index in [0.29, 0.717) is 11.1 Å². The number of hydrazone groups is 1. The summed E-state index contributed by atoms with van der Waals surface area (Å²) in [6.07, 6.45) is 1.24. The van der Waals surface area contributed by atoms with Crippen LogP contribution in [-0.2, 0) is 0 Å². The summed E-state index contributed by atoms with van der Waals surface area (Å²) < 4.78 is 25.6. The summed E-state index contributed by atoms with van der Waals surface area (Å²) in [4.78, 5) is 11.6. The molecule has 3 nitrogen and oxygen atoms in total. The minimum atomic E-state index is -0.960. The van der Waals surface area contributed by atoms with Gasteiger partial charge in [-0.2, -0.15) is 5.10 Å². The highest BCUT2D eigenvalue weighted by molar-refractivity contribution is 5.94. The molecule has 0 spiro atoms. The predicted octanol–water partition coefficient (Wildman–Crippen LogP) is 2.73. The second-order valence-corrected chi connectivity index (χ2v) is 3.74. The number of amides is 1. The molecule has 0 saturated heterocycles. The van der Waals surface area contributed by atoms with E-state index in [4.69, 9.17) is 0 Å². The van der Waals surface area contributed by atoms with Crippen molar-refractivity contribution in [3.63, 3.8) is 0 Å². The maximum absolute atomic E-state index is 12.9. The number of nitrogens with one attached hydrogen (secondary N) is 1. The highest BCUT2D eigenvalue weighted by Crippen LogP contribution is 2.06. The molecule has 19 heavy (non-hydrogen) atoms. The number of rotatable bonds is 3. The molecule has 1 N–H and O–H groups in total. The summed E-state index contributed by atoms with van der Waals surface area (Å²) in [5, 5.41) is 3.68. The molecule has 0 aliphatic rings. The molecule has 0 saturated carbocycles. The van der Waals surface area contributed by atoms with E-state index in [2.05, 4.69) is 10.5 Å². The van der Waals surface area contributed by atoms with E-state index in [9.17, 15) is 13.6 Å². The van der Waals surface area contributed by atoms with Crippen molar-refractivity contribution < 1.29 is 13.6 Å². The van der Waals surface area contributed by atoms with Gasteiger partial charge in [0.15, 0.2) is 11.6 Å². The lowest BCUT2D eigenvalue weighted by atomic mass is 10.2. The molecule has 1 amide bonds. The maximum Gasteiger partial charge on any atom is 0.271 e. The van der Waals surface area contributed by atoms with Crippen molar-refractivity contribution in [1.82, 2.24) is 5.43 Å². The molecule has 0 aliphatic heterocycles. The van der Waals surface area contributed by atoms with Gasteiger partial charge in [-0.25, -0.2) is 14.2 Å². The minimum Gasteiger partial charge on any atom is -0.267 e. The van der Waals surface area contributed by atoms with Crippen molar-refractivity contribution in [3.05, 3.63) is 71.3 Å². The van der Waals surface area contributed by atoms with E-state index in [-0.39, 0.29) is 5.91 Å². The highest BCUT2D eigenvalue weighted by Gasteiger charge is 2.02. The van der Waals surface area contributed by atoms with Crippen LogP contribution in [0.15, 0.2) is 53.6 Å². The zero-order valence-corrected chi connectivity index (χ0v) is 9.81. The molecule has 0 aromatic heterocycles. The molecule has 2 aromatic rings. The molecule has 0 heterocycles. The summed E-state index contributed by atoms with van der Waals surface area (Å²) in [5.74, 6) is -2.26. The Hall–Kier alpha value is -2.56. The van der Waals surface area contributed by atoms with E-state index in [1.807, 2.05) is 0 Å². The Labute approximate surface area is 108 Å². The summed E-state index contributed by atoms with van der Waals surface area (Å²) in [6.45, 7) is 0. The maximum atomic E-state index is 12.9. The van der Waals surface area contributed by atoms with Crippen LogP contribution >= 0.6 is 0 Å². The molecule has 2 aromatic carbocycles. The molecule has 0 atom stereocenters. The van der Waals surface area contributed by atoms with Crippen molar-refractivity contribution >= 4 is 12.1 Å². The third kappa shape index (κ3) is 3.45. The van der Waals surface area contributed by atoms with Gasteiger partial charge in [0.1, 0.15) is 0 Å². The standard InChI is InChI=1S/C14H10F2N2O/c15-12-7-6-10(8-13(12)16)9-17-18-14(19)11-4-2-1-3-5-11/h1-9H,(H,18,19)/b17-9-. The monoisotopic (exact) mass is 260 g/mol. The molecule has 0 bridgehead atoms. The van der Waals surface area contributed by atoms with Gasteiger partial charge >= 0.3 is 0 Å². The SMILES string of the molecule is O=C(N/N=C\c1ccc(F)c(F)c1)c1ccccc1. The number of carbonyl (C=O) groups excluding carboxylic acids is 1. The van der Waals surface area contributed by atoms with Gasteiger partial charge in [0.25, 0.3) is 5.91 Å². The fourth-order valence-electron chi connectivity index (χ4n) is 1.41. The number of carbonyl (C=O) groups is 1. The van der Waals surface area contributed by atoms with Crippen LogP contribution in [0.3, 0.4) is 0 Å². The first kappa shape index (κ1) is 12.9. The molecular formula is C14H10F2N2O. The quantitative estimate of drug-likeness (QED) is 0.669. The highest BCUT2D eigenvalue weighted by atomic mass is 19.2. The van der Waals surface area contributed by atoms with Gasteiger partial charge in [0.2, 0.25) is 0 Å². The Morgan fingerprint density at radius 3 is 2.47 bits per heavy atom. The van der Waals surface area contributed by atoms with Crippen molar-refractivity contribution in [2.75, 3.05) is 0 Å². The average molecular weight is 260 g/mol. The number of hydrogen-bond donors (Lipinski definition) is 1. The van der Waals surface area contributed by atoms with E-state index in [0.717, 1.165) is 12.1 Å². The first-order chi connectivity index (χ1) is 9.16. The van der Waals surface area contributed by atoms with Crippen LogP contribution in [-0.4, -0.2) is 12.1 Å². The minimum absolute atomic E-state index is 0.354. The Kier molecular flexibility index (Phi) is 3.97. The van der Waals surface area contributed by atoms with Gasteiger partial charge in [-0.1, -0.05) is 24.3 Å². The zero-order chi connectivity index (χ0) is 13.7. The molecule has 0 fully saturated rings. The Balaban J connectivity index is 2.00. The molecule has 0 aliphatic carbocycles. The number of benzene rings is 2. The Morgan fingerprint density at radius 1 is 1.05 bits per heavy atom. The van der Waals surface area contributed by atoms with Crippen molar-refractivity contribution in [2.24, 2.45) is 5.10 Å². The van der Waals surface area contributed by atoms with Crippen LogP contribution in [0.25, 0.3) is 0 Å². The van der Waals surface area contributed by atoms with Crippen LogP contribution in [0.1, 0.15) is 15.9 Å². The van der Waals surface area contributed by atoms with Gasteiger partial charge in [0.05, 0.1) is 6.21 Å². The second kappa shape index (κ2) is 5.86. The average Bonchev–Trinajstić information content (AvgIpc) is 2.43. The normalized spacial score (nSPS) is 10.6. The predicted molar refractivity (Wildman–Crippen MR) is 67.9 cm³/mol. The van der Waals surface area contributed by atoms with Crippen LogP contribution in [0.5, 0.6) is 0 Å². The second-order valence-electron chi connectivity index (χ2n) is 3.74. The number of halogens is 2. The smallest absolute Gasteiger partial charge is 0.267 e. The van der Waals surface area contributed by atoms with Crippen molar-refractivity contribution in [3.8, 4) is 0 Å². The molecule has 96 valence electrons. The fraction of sp³-hybridized carbons (Fsp3) is 0. The van der Waals surface area contributed by atoms with Crippen molar-refractivity contribution in [1.29, 1.82) is 0 Å². The number of nitrogens with zero attached hydrogens (tertiary/aromatic N) is 1. The lowest BCUT2D eigenvalue weighted by Gasteiger charge is -1.99. The van der Waals surface area contributed by atoms with Gasteiger partial charge in [0, 0.05) is 5.56 Å². The molecule has 0 unspecified atom stereocenters. The largest absolute Gasteiger partial charge is 0.271 e. The first-order valence-corrected chi connectivity index (χ1v) is 5.50. The molecular weight excluding hydrogens is 250 g/mol. The van der Waals surface area contributed by atoms with E-state index < -0.39 is 11.6 Å². The van der Waals surface area contributed by atoms with Gasteiger partial charge in [-0.15, -0.1) is 0 Å². The molecule has 2 rings (SSSR count). The third-order valence-corrected chi connectivity index (χ3v) is 2.36. The fourth-order valence-corrected chi connectivity index (χ4v) is 1.41. The topological polar surface area (TPSA) is 41.5 Å². The van der Waals surface area contributed by atoms with Gasteiger partial charge in [-0.3, -0.25) is 4.79 Å². The summed E-state index contributed by atoms with van der Waals surface area (Å²) in [6, 6.07) is 11.9. The van der Waals surface area contributed by atoms with Crippen LogP contribution < -0.4 is 5.43 Å². The Bertz CT molecular complexity index is 612. The van der Waals surface area contributed by atoms with Gasteiger partial charge < -0.3 is 0 Å².